The molecule has 6 heteroatoms. The minimum atomic E-state index is -0.0397. The van der Waals surface area contributed by atoms with Gasteiger partial charge in [0.25, 0.3) is 5.89 Å². The second-order valence-electron chi connectivity index (χ2n) is 8.19. The van der Waals surface area contributed by atoms with Gasteiger partial charge in [0.15, 0.2) is 5.82 Å². The molecule has 6 nitrogen and oxygen atoms in total. The van der Waals surface area contributed by atoms with Crippen LogP contribution in [0.4, 0.5) is 5.69 Å². The van der Waals surface area contributed by atoms with Crippen LogP contribution in [0.3, 0.4) is 0 Å². The van der Waals surface area contributed by atoms with E-state index in [0.29, 0.717) is 24.8 Å². The summed E-state index contributed by atoms with van der Waals surface area (Å²) >= 11 is 0. The van der Waals surface area contributed by atoms with Gasteiger partial charge in [-0.25, -0.2) is 0 Å². The average Bonchev–Trinajstić information content (AvgIpc) is 3.20. The molecule has 1 aromatic heterocycles. The van der Waals surface area contributed by atoms with Crippen molar-refractivity contribution in [2.75, 3.05) is 18.4 Å². The molecule has 2 aromatic carbocycles. The molecule has 1 atom stereocenters. The second-order valence-corrected chi connectivity index (χ2v) is 8.19. The van der Waals surface area contributed by atoms with Crippen LogP contribution in [0.2, 0.25) is 0 Å². The van der Waals surface area contributed by atoms with Gasteiger partial charge in [-0.3, -0.25) is 9.69 Å². The SMILES string of the molecule is Cc1ccc(-c2nc(CN3CCCC(C(=O)Nc4cccc(C)c4C)C3)no2)cc1. The van der Waals surface area contributed by atoms with Crippen molar-refractivity contribution < 1.29 is 9.32 Å². The lowest BCUT2D eigenvalue weighted by Crippen LogP contribution is -2.40. The molecule has 1 aliphatic heterocycles. The molecular weight excluding hydrogens is 376 g/mol. The first kappa shape index (κ1) is 20.3. The zero-order valence-corrected chi connectivity index (χ0v) is 17.8. The smallest absolute Gasteiger partial charge is 0.257 e. The monoisotopic (exact) mass is 404 g/mol. The number of aryl methyl sites for hydroxylation is 2. The second kappa shape index (κ2) is 8.79. The Morgan fingerprint density at radius 1 is 1.17 bits per heavy atom. The molecule has 3 aromatic rings. The highest BCUT2D eigenvalue weighted by Gasteiger charge is 2.27. The van der Waals surface area contributed by atoms with Crippen LogP contribution in [0.15, 0.2) is 47.0 Å². The van der Waals surface area contributed by atoms with Crippen LogP contribution in [-0.4, -0.2) is 34.0 Å². The van der Waals surface area contributed by atoms with E-state index in [-0.39, 0.29) is 11.8 Å². The molecule has 1 saturated heterocycles. The van der Waals surface area contributed by atoms with E-state index in [4.69, 9.17) is 4.52 Å². The van der Waals surface area contributed by atoms with Gasteiger partial charge >= 0.3 is 0 Å². The minimum absolute atomic E-state index is 0.0397. The van der Waals surface area contributed by atoms with Crippen LogP contribution in [0, 0.1) is 26.7 Å². The molecule has 0 aliphatic carbocycles. The molecule has 4 rings (SSSR count). The van der Waals surface area contributed by atoms with E-state index < -0.39 is 0 Å². The summed E-state index contributed by atoms with van der Waals surface area (Å²) in [5.41, 5.74) is 5.31. The van der Waals surface area contributed by atoms with Crippen molar-refractivity contribution in [2.45, 2.75) is 40.2 Å². The number of aromatic nitrogens is 2. The number of benzene rings is 2. The van der Waals surface area contributed by atoms with Crippen molar-refractivity contribution in [3.8, 4) is 11.5 Å². The fourth-order valence-corrected chi connectivity index (χ4v) is 3.87. The number of nitrogens with zero attached hydrogens (tertiary/aromatic N) is 3. The standard InChI is InChI=1S/C24H28N4O2/c1-16-9-11-19(12-10-16)24-26-22(27-30-24)15-28-13-5-7-20(14-28)23(29)25-21-8-4-6-17(2)18(21)3/h4,6,8-12,20H,5,7,13-15H2,1-3H3,(H,25,29). The predicted octanol–water partition coefficient (Wildman–Crippen LogP) is 4.51. The van der Waals surface area contributed by atoms with Crippen LogP contribution >= 0.6 is 0 Å². The molecule has 2 heterocycles. The third-order valence-corrected chi connectivity index (χ3v) is 5.87. The van der Waals surface area contributed by atoms with E-state index in [0.717, 1.165) is 36.2 Å². The molecule has 1 amide bonds. The topological polar surface area (TPSA) is 71.3 Å². The molecule has 1 aliphatic rings. The number of likely N-dealkylation sites (tertiary alicyclic amines) is 1. The van der Waals surface area contributed by atoms with E-state index >= 15 is 0 Å². The summed E-state index contributed by atoms with van der Waals surface area (Å²) in [4.78, 5) is 19.6. The molecule has 156 valence electrons. The zero-order valence-electron chi connectivity index (χ0n) is 17.8. The Morgan fingerprint density at radius 2 is 1.97 bits per heavy atom. The molecule has 30 heavy (non-hydrogen) atoms. The van der Waals surface area contributed by atoms with Crippen LogP contribution in [-0.2, 0) is 11.3 Å². The van der Waals surface area contributed by atoms with Crippen molar-refractivity contribution in [1.82, 2.24) is 15.0 Å². The lowest BCUT2D eigenvalue weighted by atomic mass is 9.96. The molecule has 1 fully saturated rings. The van der Waals surface area contributed by atoms with Crippen LogP contribution in [0.1, 0.15) is 35.4 Å². The van der Waals surface area contributed by atoms with Gasteiger partial charge in [0, 0.05) is 17.8 Å². The third kappa shape index (κ3) is 4.60. The van der Waals surface area contributed by atoms with Gasteiger partial charge in [0.05, 0.1) is 12.5 Å². The summed E-state index contributed by atoms with van der Waals surface area (Å²) in [7, 11) is 0. The van der Waals surface area contributed by atoms with Gasteiger partial charge in [-0.15, -0.1) is 0 Å². The minimum Gasteiger partial charge on any atom is -0.334 e. The van der Waals surface area contributed by atoms with Gasteiger partial charge in [-0.2, -0.15) is 4.98 Å². The Bertz CT molecular complexity index is 1030. The Hall–Kier alpha value is -2.99. The van der Waals surface area contributed by atoms with Gasteiger partial charge in [0.2, 0.25) is 5.91 Å². The van der Waals surface area contributed by atoms with Crippen molar-refractivity contribution in [3.05, 3.63) is 65.0 Å². The third-order valence-electron chi connectivity index (χ3n) is 5.87. The maximum atomic E-state index is 12.9. The predicted molar refractivity (Wildman–Crippen MR) is 117 cm³/mol. The van der Waals surface area contributed by atoms with Crippen LogP contribution < -0.4 is 5.32 Å². The fourth-order valence-electron chi connectivity index (χ4n) is 3.87. The summed E-state index contributed by atoms with van der Waals surface area (Å²) in [5.74, 6) is 1.23. The fraction of sp³-hybridized carbons (Fsp3) is 0.375. The lowest BCUT2D eigenvalue weighted by Gasteiger charge is -2.31. The number of rotatable bonds is 5. The Labute approximate surface area is 177 Å². The molecular formula is C24H28N4O2. The first-order valence-electron chi connectivity index (χ1n) is 10.5. The zero-order chi connectivity index (χ0) is 21.1. The van der Waals surface area contributed by atoms with E-state index in [1.165, 1.54) is 11.1 Å². The molecule has 1 unspecified atom stereocenters. The van der Waals surface area contributed by atoms with Crippen molar-refractivity contribution in [3.63, 3.8) is 0 Å². The molecule has 1 N–H and O–H groups in total. The number of hydrogen-bond acceptors (Lipinski definition) is 5. The normalized spacial score (nSPS) is 17.1. The van der Waals surface area contributed by atoms with Crippen LogP contribution in [0.5, 0.6) is 0 Å². The number of carbonyl (C=O) groups excluding carboxylic acids is 1. The molecule has 0 bridgehead atoms. The number of nitrogens with one attached hydrogen (secondary N) is 1. The highest BCUT2D eigenvalue weighted by molar-refractivity contribution is 5.93. The largest absolute Gasteiger partial charge is 0.334 e. The number of amides is 1. The first-order chi connectivity index (χ1) is 14.5. The molecule has 0 saturated carbocycles. The summed E-state index contributed by atoms with van der Waals surface area (Å²) in [6.45, 7) is 8.37. The van der Waals surface area contributed by atoms with Crippen molar-refractivity contribution >= 4 is 11.6 Å². The summed E-state index contributed by atoms with van der Waals surface area (Å²) in [5, 5.41) is 7.26. The number of anilines is 1. The highest BCUT2D eigenvalue weighted by atomic mass is 16.5. The Morgan fingerprint density at radius 3 is 2.77 bits per heavy atom. The van der Waals surface area contributed by atoms with Gasteiger partial charge in [-0.05, 0) is 69.5 Å². The summed E-state index contributed by atoms with van der Waals surface area (Å²) in [6, 6.07) is 14.0. The number of carbonyl (C=O) groups is 1. The van der Waals surface area contributed by atoms with Gasteiger partial charge < -0.3 is 9.84 Å². The maximum Gasteiger partial charge on any atom is 0.257 e. The van der Waals surface area contributed by atoms with E-state index in [1.807, 2.05) is 50.2 Å². The van der Waals surface area contributed by atoms with Gasteiger partial charge in [-0.1, -0.05) is 35.0 Å². The number of piperidine rings is 1. The highest BCUT2D eigenvalue weighted by Crippen LogP contribution is 2.23. The summed E-state index contributed by atoms with van der Waals surface area (Å²) in [6.07, 6.45) is 1.88. The van der Waals surface area contributed by atoms with Crippen molar-refractivity contribution in [2.24, 2.45) is 5.92 Å². The average molecular weight is 405 g/mol. The molecule has 0 radical (unpaired) electrons. The van der Waals surface area contributed by atoms with Crippen LogP contribution in [0.25, 0.3) is 11.5 Å². The van der Waals surface area contributed by atoms with E-state index in [2.05, 4.69) is 33.3 Å². The Balaban J connectivity index is 1.38. The van der Waals surface area contributed by atoms with Gasteiger partial charge in [0.1, 0.15) is 0 Å². The summed E-state index contributed by atoms with van der Waals surface area (Å²) < 4.78 is 5.44. The quantitative estimate of drug-likeness (QED) is 0.677. The lowest BCUT2D eigenvalue weighted by molar-refractivity contribution is -0.121. The number of hydrogen-bond donors (Lipinski definition) is 1. The van der Waals surface area contributed by atoms with E-state index in [9.17, 15) is 4.79 Å². The van der Waals surface area contributed by atoms with E-state index in [1.54, 1.807) is 0 Å². The van der Waals surface area contributed by atoms with Crippen molar-refractivity contribution in [1.29, 1.82) is 0 Å². The Kier molecular flexibility index (Phi) is 5.95. The maximum absolute atomic E-state index is 12.9. The first-order valence-corrected chi connectivity index (χ1v) is 10.5. The molecule has 0 spiro atoms.